The molecule has 2 rings (SSSR count). The Morgan fingerprint density at radius 3 is 2.68 bits per heavy atom. The predicted octanol–water partition coefficient (Wildman–Crippen LogP) is 1.77. The minimum absolute atomic E-state index is 0.0333. The van der Waals surface area contributed by atoms with E-state index in [1.165, 1.54) is 6.07 Å². The summed E-state index contributed by atoms with van der Waals surface area (Å²) in [4.78, 5) is 11.2. The first-order valence-corrected chi connectivity index (χ1v) is 8.69. The molecule has 1 unspecified atom stereocenters. The summed E-state index contributed by atoms with van der Waals surface area (Å²) in [6.07, 6.45) is 1.11. The molecule has 0 aliphatic carbocycles. The van der Waals surface area contributed by atoms with Crippen LogP contribution in [0.1, 0.15) is 12.8 Å². The molecule has 0 saturated carbocycles. The van der Waals surface area contributed by atoms with Gasteiger partial charge in [-0.2, -0.15) is 0 Å². The fourth-order valence-corrected chi connectivity index (χ4v) is 4.64. The Bertz CT molecular complexity index is 604. The molecule has 104 valence electrons. The number of benzene rings is 1. The lowest BCUT2D eigenvalue weighted by atomic mass is 10.2. The molecule has 0 spiro atoms. The number of halogens is 2. The molecule has 0 radical (unpaired) electrons. The maximum absolute atomic E-state index is 12.1. The van der Waals surface area contributed by atoms with Gasteiger partial charge >= 0.3 is 0 Å². The number of hydrogen-bond donors (Lipinski definition) is 2. The van der Waals surface area contributed by atoms with Crippen LogP contribution in [0.15, 0.2) is 32.0 Å². The first-order valence-electron chi connectivity index (χ1n) is 5.62. The zero-order valence-corrected chi connectivity index (χ0v) is 13.8. The van der Waals surface area contributed by atoms with Crippen LogP contribution in [-0.2, 0) is 14.8 Å². The number of nitrogens with one attached hydrogen (secondary N) is 2. The molecule has 5 nitrogen and oxygen atoms in total. The van der Waals surface area contributed by atoms with Crippen LogP contribution in [0, 0.1) is 0 Å². The van der Waals surface area contributed by atoms with Crippen LogP contribution in [0.5, 0.6) is 0 Å². The van der Waals surface area contributed by atoms with Crippen LogP contribution >= 0.6 is 31.9 Å². The molecule has 19 heavy (non-hydrogen) atoms. The second-order valence-electron chi connectivity index (χ2n) is 4.23. The lowest BCUT2D eigenvalue weighted by Gasteiger charge is -2.12. The Morgan fingerprint density at radius 1 is 1.37 bits per heavy atom. The molecular weight excluding hydrogens is 400 g/mol. The molecule has 0 aromatic heterocycles. The van der Waals surface area contributed by atoms with E-state index >= 15 is 0 Å². The van der Waals surface area contributed by atoms with E-state index in [-0.39, 0.29) is 23.4 Å². The number of hydrogen-bond acceptors (Lipinski definition) is 3. The first-order chi connectivity index (χ1) is 8.88. The molecule has 2 N–H and O–H groups in total. The molecule has 1 atom stereocenters. The van der Waals surface area contributed by atoms with Crippen LogP contribution in [0.3, 0.4) is 0 Å². The van der Waals surface area contributed by atoms with Crippen LogP contribution in [0.4, 0.5) is 0 Å². The molecule has 1 aromatic rings. The van der Waals surface area contributed by atoms with Crippen LogP contribution in [-0.4, -0.2) is 26.9 Å². The molecule has 1 aliphatic rings. The standard InChI is InChI=1S/C11H12Br2N2O3S/c12-7-1-3-10(9(13)5-7)19(17,18)14-6-8-2-4-11(16)15-8/h1,3,5,8,14H,2,4,6H2,(H,15,16). The van der Waals surface area contributed by atoms with Crippen molar-refractivity contribution < 1.29 is 13.2 Å². The van der Waals surface area contributed by atoms with E-state index in [9.17, 15) is 13.2 Å². The summed E-state index contributed by atoms with van der Waals surface area (Å²) in [5.41, 5.74) is 0. The molecule has 1 heterocycles. The van der Waals surface area contributed by atoms with Gasteiger partial charge < -0.3 is 5.32 Å². The number of amides is 1. The lowest BCUT2D eigenvalue weighted by molar-refractivity contribution is -0.119. The van der Waals surface area contributed by atoms with Gasteiger partial charge in [0.15, 0.2) is 0 Å². The second kappa shape index (κ2) is 5.90. The first kappa shape index (κ1) is 15.0. The van der Waals surface area contributed by atoms with Crippen molar-refractivity contribution in [3.63, 3.8) is 0 Å². The van der Waals surface area contributed by atoms with Crippen LogP contribution in [0.2, 0.25) is 0 Å². The van der Waals surface area contributed by atoms with E-state index in [1.54, 1.807) is 12.1 Å². The van der Waals surface area contributed by atoms with Gasteiger partial charge in [0.2, 0.25) is 15.9 Å². The number of sulfonamides is 1. The molecular formula is C11H12Br2N2O3S. The topological polar surface area (TPSA) is 75.3 Å². The van der Waals surface area contributed by atoms with Crippen molar-refractivity contribution in [1.29, 1.82) is 0 Å². The van der Waals surface area contributed by atoms with E-state index in [0.29, 0.717) is 17.3 Å². The average Bonchev–Trinajstić information content (AvgIpc) is 2.72. The number of carbonyl (C=O) groups is 1. The predicted molar refractivity (Wildman–Crippen MR) is 78.2 cm³/mol. The van der Waals surface area contributed by atoms with Crippen molar-refractivity contribution in [1.82, 2.24) is 10.0 Å². The van der Waals surface area contributed by atoms with E-state index < -0.39 is 10.0 Å². The minimum atomic E-state index is -3.58. The Balaban J connectivity index is 2.07. The SMILES string of the molecule is O=C1CCC(CNS(=O)(=O)c2ccc(Br)cc2Br)N1. The third-order valence-corrected chi connectivity index (χ3v) is 5.68. The summed E-state index contributed by atoms with van der Waals surface area (Å²) < 4.78 is 28.1. The third kappa shape index (κ3) is 3.77. The van der Waals surface area contributed by atoms with Crippen LogP contribution in [0.25, 0.3) is 0 Å². The highest BCUT2D eigenvalue weighted by Gasteiger charge is 2.24. The van der Waals surface area contributed by atoms with Crippen molar-refractivity contribution in [2.24, 2.45) is 0 Å². The highest BCUT2D eigenvalue weighted by Crippen LogP contribution is 2.25. The van der Waals surface area contributed by atoms with Gasteiger partial charge in [-0.25, -0.2) is 13.1 Å². The number of carbonyl (C=O) groups excluding carboxylic acids is 1. The van der Waals surface area contributed by atoms with Crippen molar-refractivity contribution in [2.75, 3.05) is 6.54 Å². The van der Waals surface area contributed by atoms with Crippen molar-refractivity contribution in [3.8, 4) is 0 Å². The lowest BCUT2D eigenvalue weighted by Crippen LogP contribution is -2.38. The highest BCUT2D eigenvalue weighted by molar-refractivity contribution is 9.11. The molecule has 0 bridgehead atoms. The van der Waals surface area contributed by atoms with Crippen LogP contribution < -0.4 is 10.0 Å². The van der Waals surface area contributed by atoms with Gasteiger partial charge in [-0.15, -0.1) is 0 Å². The molecule has 1 amide bonds. The maximum Gasteiger partial charge on any atom is 0.241 e. The van der Waals surface area contributed by atoms with E-state index in [0.717, 1.165) is 4.47 Å². The van der Waals surface area contributed by atoms with Gasteiger partial charge in [0.05, 0.1) is 4.90 Å². The fraction of sp³-hybridized carbons (Fsp3) is 0.364. The highest BCUT2D eigenvalue weighted by atomic mass is 79.9. The molecule has 1 fully saturated rings. The summed E-state index contributed by atoms with van der Waals surface area (Å²) in [7, 11) is -3.58. The molecule has 1 aromatic carbocycles. The molecule has 1 saturated heterocycles. The Morgan fingerprint density at radius 2 is 2.11 bits per heavy atom. The van der Waals surface area contributed by atoms with E-state index in [2.05, 4.69) is 41.9 Å². The van der Waals surface area contributed by atoms with E-state index in [4.69, 9.17) is 0 Å². The smallest absolute Gasteiger partial charge is 0.241 e. The largest absolute Gasteiger partial charge is 0.352 e. The van der Waals surface area contributed by atoms with Gasteiger partial charge in [-0.3, -0.25) is 4.79 Å². The fourth-order valence-electron chi connectivity index (χ4n) is 1.81. The van der Waals surface area contributed by atoms with Gasteiger partial charge in [0.1, 0.15) is 0 Å². The van der Waals surface area contributed by atoms with Gasteiger partial charge in [-0.1, -0.05) is 15.9 Å². The molecule has 1 aliphatic heterocycles. The Kier molecular flexibility index (Phi) is 4.65. The van der Waals surface area contributed by atoms with E-state index in [1.807, 2.05) is 0 Å². The maximum atomic E-state index is 12.1. The third-order valence-electron chi connectivity index (χ3n) is 2.79. The quantitative estimate of drug-likeness (QED) is 0.792. The zero-order chi connectivity index (χ0) is 14.0. The van der Waals surface area contributed by atoms with Crippen molar-refractivity contribution >= 4 is 47.8 Å². The van der Waals surface area contributed by atoms with Gasteiger partial charge in [-0.05, 0) is 40.5 Å². The summed E-state index contributed by atoms with van der Waals surface area (Å²) in [5.74, 6) is -0.0333. The summed E-state index contributed by atoms with van der Waals surface area (Å²) in [6, 6.07) is 4.73. The Hall–Kier alpha value is -0.440. The Labute approximate surface area is 128 Å². The van der Waals surface area contributed by atoms with Gasteiger partial charge in [0, 0.05) is 28.0 Å². The average molecular weight is 412 g/mol. The minimum Gasteiger partial charge on any atom is -0.352 e. The molecule has 8 heteroatoms. The normalized spacial score (nSPS) is 19.5. The zero-order valence-electron chi connectivity index (χ0n) is 9.82. The van der Waals surface area contributed by atoms with Crippen molar-refractivity contribution in [2.45, 2.75) is 23.8 Å². The second-order valence-corrected chi connectivity index (χ2v) is 7.74. The van der Waals surface area contributed by atoms with Crippen molar-refractivity contribution in [3.05, 3.63) is 27.1 Å². The summed E-state index contributed by atoms with van der Waals surface area (Å²) in [5, 5.41) is 2.72. The monoisotopic (exact) mass is 410 g/mol. The summed E-state index contributed by atoms with van der Waals surface area (Å²) >= 11 is 6.50. The summed E-state index contributed by atoms with van der Waals surface area (Å²) in [6.45, 7) is 0.205. The number of rotatable bonds is 4. The van der Waals surface area contributed by atoms with Gasteiger partial charge in [0.25, 0.3) is 0 Å².